The largest absolute Gasteiger partial charge is 0.348 e. The zero-order chi connectivity index (χ0) is 9.47. The maximum atomic E-state index is 11.2. The molecule has 68 valence electrons. The van der Waals surface area contributed by atoms with Crippen LogP contribution in [0.5, 0.6) is 0 Å². The standard InChI is InChI=1S/C10H12N2O/c1-10(2)8(12-9(10)13)7-3-5-11-6-4-7/h3-6,8H,1-2H3,(H,12,13)/t8-/m1/s1. The third kappa shape index (κ3) is 1.11. The highest BCUT2D eigenvalue weighted by molar-refractivity contribution is 5.89. The molecule has 1 aliphatic rings. The second-order valence-electron chi connectivity index (χ2n) is 3.91. The van der Waals surface area contributed by atoms with Gasteiger partial charge in [-0.15, -0.1) is 0 Å². The number of carbonyl (C=O) groups is 1. The monoisotopic (exact) mass is 176 g/mol. The zero-order valence-electron chi connectivity index (χ0n) is 7.74. The molecule has 1 amide bonds. The fourth-order valence-electron chi connectivity index (χ4n) is 1.61. The van der Waals surface area contributed by atoms with Crippen molar-refractivity contribution in [2.24, 2.45) is 5.41 Å². The lowest BCUT2D eigenvalue weighted by molar-refractivity contribution is -0.143. The molecule has 1 atom stereocenters. The van der Waals surface area contributed by atoms with Crippen LogP contribution < -0.4 is 5.32 Å². The normalized spacial score (nSPS) is 24.8. The van der Waals surface area contributed by atoms with E-state index in [0.29, 0.717) is 0 Å². The van der Waals surface area contributed by atoms with Gasteiger partial charge < -0.3 is 5.32 Å². The minimum atomic E-state index is -0.276. The number of hydrogen-bond donors (Lipinski definition) is 1. The van der Waals surface area contributed by atoms with E-state index in [-0.39, 0.29) is 17.4 Å². The Hall–Kier alpha value is -1.38. The third-order valence-corrected chi connectivity index (χ3v) is 2.62. The number of nitrogens with zero attached hydrogens (tertiary/aromatic N) is 1. The van der Waals surface area contributed by atoms with E-state index in [9.17, 15) is 4.79 Å². The van der Waals surface area contributed by atoms with Gasteiger partial charge in [0.25, 0.3) is 0 Å². The first kappa shape index (κ1) is 8.23. The van der Waals surface area contributed by atoms with Crippen molar-refractivity contribution in [3.63, 3.8) is 0 Å². The number of carbonyl (C=O) groups excluding carboxylic acids is 1. The Morgan fingerprint density at radius 1 is 1.38 bits per heavy atom. The quantitative estimate of drug-likeness (QED) is 0.655. The fraction of sp³-hybridized carbons (Fsp3) is 0.400. The Labute approximate surface area is 77.2 Å². The second kappa shape index (κ2) is 2.55. The van der Waals surface area contributed by atoms with Crippen molar-refractivity contribution >= 4 is 5.91 Å². The molecular weight excluding hydrogens is 164 g/mol. The Kier molecular flexibility index (Phi) is 1.62. The van der Waals surface area contributed by atoms with E-state index in [1.807, 2.05) is 26.0 Å². The van der Waals surface area contributed by atoms with Crippen molar-refractivity contribution in [1.82, 2.24) is 10.3 Å². The molecule has 13 heavy (non-hydrogen) atoms. The number of nitrogens with one attached hydrogen (secondary N) is 1. The summed E-state index contributed by atoms with van der Waals surface area (Å²) in [5.74, 6) is 0.120. The van der Waals surface area contributed by atoms with E-state index in [4.69, 9.17) is 0 Å². The summed E-state index contributed by atoms with van der Waals surface area (Å²) in [5, 5.41) is 2.88. The molecule has 3 heteroatoms. The van der Waals surface area contributed by atoms with Gasteiger partial charge in [0, 0.05) is 12.4 Å². The molecule has 0 aliphatic carbocycles. The molecule has 1 N–H and O–H groups in total. The van der Waals surface area contributed by atoms with Crippen LogP contribution in [0.2, 0.25) is 0 Å². The highest BCUT2D eigenvalue weighted by Gasteiger charge is 2.47. The minimum absolute atomic E-state index is 0.120. The van der Waals surface area contributed by atoms with Gasteiger partial charge in [-0.1, -0.05) is 0 Å². The molecule has 2 heterocycles. The van der Waals surface area contributed by atoms with Gasteiger partial charge in [0.15, 0.2) is 0 Å². The smallest absolute Gasteiger partial charge is 0.228 e. The van der Waals surface area contributed by atoms with E-state index in [2.05, 4.69) is 10.3 Å². The number of β-lactam (4-membered cyclic amide) rings is 1. The number of amides is 1. The van der Waals surface area contributed by atoms with Crippen LogP contribution in [-0.4, -0.2) is 10.9 Å². The molecule has 0 unspecified atom stereocenters. The molecule has 0 radical (unpaired) electrons. The topological polar surface area (TPSA) is 42.0 Å². The molecule has 3 nitrogen and oxygen atoms in total. The van der Waals surface area contributed by atoms with E-state index >= 15 is 0 Å². The summed E-state index contributed by atoms with van der Waals surface area (Å²) in [5.41, 5.74) is 0.848. The highest BCUT2D eigenvalue weighted by atomic mass is 16.2. The lowest BCUT2D eigenvalue weighted by Crippen LogP contribution is -2.57. The van der Waals surface area contributed by atoms with Gasteiger partial charge >= 0.3 is 0 Å². The van der Waals surface area contributed by atoms with Crippen molar-refractivity contribution in [1.29, 1.82) is 0 Å². The maximum absolute atomic E-state index is 11.2. The zero-order valence-corrected chi connectivity index (χ0v) is 7.74. The fourth-order valence-corrected chi connectivity index (χ4v) is 1.61. The van der Waals surface area contributed by atoms with Crippen LogP contribution in [0.1, 0.15) is 25.5 Å². The van der Waals surface area contributed by atoms with Crippen LogP contribution in [-0.2, 0) is 4.79 Å². The summed E-state index contributed by atoms with van der Waals surface area (Å²) in [6.45, 7) is 3.91. The van der Waals surface area contributed by atoms with Crippen molar-refractivity contribution in [2.45, 2.75) is 19.9 Å². The Morgan fingerprint density at radius 2 is 2.00 bits per heavy atom. The SMILES string of the molecule is CC1(C)C(=O)N[C@@H]1c1ccncc1. The van der Waals surface area contributed by atoms with Gasteiger partial charge in [-0.25, -0.2) is 0 Å². The van der Waals surface area contributed by atoms with Crippen molar-refractivity contribution < 1.29 is 4.79 Å². The average molecular weight is 176 g/mol. The summed E-state index contributed by atoms with van der Waals surface area (Å²) >= 11 is 0. The Bertz CT molecular complexity index is 332. The maximum Gasteiger partial charge on any atom is 0.228 e. The summed E-state index contributed by atoms with van der Waals surface area (Å²) in [7, 11) is 0. The highest BCUT2D eigenvalue weighted by Crippen LogP contribution is 2.40. The first-order valence-corrected chi connectivity index (χ1v) is 4.33. The molecule has 2 rings (SSSR count). The van der Waals surface area contributed by atoms with Crippen LogP contribution in [0, 0.1) is 5.41 Å². The van der Waals surface area contributed by atoms with Crippen LogP contribution >= 0.6 is 0 Å². The molecule has 0 saturated carbocycles. The van der Waals surface area contributed by atoms with Gasteiger partial charge in [-0.05, 0) is 31.5 Å². The van der Waals surface area contributed by atoms with Crippen LogP contribution in [0.15, 0.2) is 24.5 Å². The molecule has 1 aromatic rings. The molecule has 0 bridgehead atoms. The molecular formula is C10H12N2O. The van der Waals surface area contributed by atoms with Gasteiger partial charge in [0.1, 0.15) is 0 Å². The number of hydrogen-bond acceptors (Lipinski definition) is 2. The lowest BCUT2D eigenvalue weighted by atomic mass is 9.73. The van der Waals surface area contributed by atoms with Crippen molar-refractivity contribution in [2.75, 3.05) is 0 Å². The number of rotatable bonds is 1. The number of aromatic nitrogens is 1. The first-order valence-electron chi connectivity index (χ1n) is 4.33. The predicted octanol–water partition coefficient (Wildman–Crippen LogP) is 1.28. The summed E-state index contributed by atoms with van der Waals surface area (Å²) in [4.78, 5) is 15.1. The summed E-state index contributed by atoms with van der Waals surface area (Å²) in [6, 6.07) is 4.01. The van der Waals surface area contributed by atoms with E-state index in [1.54, 1.807) is 12.4 Å². The van der Waals surface area contributed by atoms with Gasteiger partial charge in [0.2, 0.25) is 5.91 Å². The molecule has 1 fully saturated rings. The minimum Gasteiger partial charge on any atom is -0.348 e. The molecule has 1 saturated heterocycles. The Morgan fingerprint density at radius 3 is 2.46 bits per heavy atom. The van der Waals surface area contributed by atoms with Gasteiger partial charge in [-0.2, -0.15) is 0 Å². The van der Waals surface area contributed by atoms with E-state index in [0.717, 1.165) is 5.56 Å². The molecule has 0 spiro atoms. The predicted molar refractivity (Wildman–Crippen MR) is 48.9 cm³/mol. The van der Waals surface area contributed by atoms with Crippen molar-refractivity contribution in [3.05, 3.63) is 30.1 Å². The molecule has 1 aliphatic heterocycles. The lowest BCUT2D eigenvalue weighted by Gasteiger charge is -2.44. The van der Waals surface area contributed by atoms with Crippen LogP contribution in [0.4, 0.5) is 0 Å². The first-order chi connectivity index (χ1) is 6.12. The van der Waals surface area contributed by atoms with Gasteiger partial charge in [-0.3, -0.25) is 9.78 Å². The molecule has 0 aromatic carbocycles. The molecule has 1 aromatic heterocycles. The van der Waals surface area contributed by atoms with E-state index < -0.39 is 0 Å². The Balaban J connectivity index is 2.27. The third-order valence-electron chi connectivity index (χ3n) is 2.62. The van der Waals surface area contributed by atoms with E-state index in [1.165, 1.54) is 0 Å². The summed E-state index contributed by atoms with van der Waals surface area (Å²) in [6.07, 6.45) is 3.49. The number of pyridine rings is 1. The van der Waals surface area contributed by atoms with Crippen LogP contribution in [0.3, 0.4) is 0 Å². The van der Waals surface area contributed by atoms with Gasteiger partial charge in [0.05, 0.1) is 11.5 Å². The second-order valence-corrected chi connectivity index (χ2v) is 3.91. The van der Waals surface area contributed by atoms with Crippen molar-refractivity contribution in [3.8, 4) is 0 Å². The van der Waals surface area contributed by atoms with Crippen LogP contribution in [0.25, 0.3) is 0 Å². The summed E-state index contributed by atoms with van der Waals surface area (Å²) < 4.78 is 0. The average Bonchev–Trinajstić information content (AvgIpc) is 2.15.